The molecule has 1 N–H and O–H groups in total. The van der Waals surface area contributed by atoms with Crippen molar-refractivity contribution in [1.29, 1.82) is 0 Å². The highest BCUT2D eigenvalue weighted by Gasteiger charge is 2.25. The summed E-state index contributed by atoms with van der Waals surface area (Å²) in [6.07, 6.45) is 0. The quantitative estimate of drug-likeness (QED) is 0.880. The summed E-state index contributed by atoms with van der Waals surface area (Å²) in [5, 5.41) is 5.00. The normalized spacial score (nSPS) is 14.4. The van der Waals surface area contributed by atoms with Crippen LogP contribution in [0.3, 0.4) is 0 Å². The number of halogens is 1. The smallest absolute Gasteiger partial charge is 0.266 e. The standard InChI is InChI=1S/C14H11ClN2O2S/c15-10-5-6-20-13(10)14(19)17-7-9-3-1-2-4-11(9)16-12(18)8-17/h1-6H,7-8H2,(H,16,18). The van der Waals surface area contributed by atoms with Gasteiger partial charge in [0.2, 0.25) is 5.91 Å². The lowest BCUT2D eigenvalue weighted by molar-refractivity contribution is -0.116. The molecule has 1 aromatic heterocycles. The van der Waals surface area contributed by atoms with Crippen LogP contribution in [0.4, 0.5) is 5.69 Å². The highest BCUT2D eigenvalue weighted by Crippen LogP contribution is 2.26. The van der Waals surface area contributed by atoms with Gasteiger partial charge in [-0.1, -0.05) is 29.8 Å². The van der Waals surface area contributed by atoms with E-state index in [0.717, 1.165) is 11.3 Å². The van der Waals surface area contributed by atoms with E-state index in [2.05, 4.69) is 5.32 Å². The van der Waals surface area contributed by atoms with Gasteiger partial charge in [-0.15, -0.1) is 11.3 Å². The minimum Gasteiger partial charge on any atom is -0.324 e. The molecule has 0 atom stereocenters. The van der Waals surface area contributed by atoms with E-state index in [4.69, 9.17) is 11.6 Å². The highest BCUT2D eigenvalue weighted by atomic mass is 35.5. The molecule has 102 valence electrons. The second-order valence-electron chi connectivity index (χ2n) is 4.46. The Hall–Kier alpha value is -1.85. The third-order valence-corrected chi connectivity index (χ3v) is 4.42. The van der Waals surface area contributed by atoms with E-state index in [9.17, 15) is 9.59 Å². The molecule has 0 bridgehead atoms. The van der Waals surface area contributed by atoms with Gasteiger partial charge >= 0.3 is 0 Å². The van der Waals surface area contributed by atoms with Crippen LogP contribution >= 0.6 is 22.9 Å². The maximum Gasteiger partial charge on any atom is 0.266 e. The lowest BCUT2D eigenvalue weighted by Crippen LogP contribution is -2.35. The molecular formula is C14H11ClN2O2S. The Morgan fingerprint density at radius 2 is 2.05 bits per heavy atom. The van der Waals surface area contributed by atoms with Crippen molar-refractivity contribution >= 4 is 40.4 Å². The van der Waals surface area contributed by atoms with E-state index in [1.807, 2.05) is 24.3 Å². The summed E-state index contributed by atoms with van der Waals surface area (Å²) in [5.74, 6) is -0.409. The topological polar surface area (TPSA) is 49.4 Å². The van der Waals surface area contributed by atoms with Crippen LogP contribution in [0, 0.1) is 0 Å². The fourth-order valence-electron chi connectivity index (χ4n) is 2.14. The number of carbonyl (C=O) groups excluding carboxylic acids is 2. The molecule has 0 aliphatic carbocycles. The third-order valence-electron chi connectivity index (χ3n) is 3.09. The van der Waals surface area contributed by atoms with Crippen molar-refractivity contribution in [1.82, 2.24) is 4.90 Å². The Morgan fingerprint density at radius 1 is 1.25 bits per heavy atom. The minimum atomic E-state index is -0.211. The predicted octanol–water partition coefficient (Wildman–Crippen LogP) is 3.00. The molecule has 0 saturated carbocycles. The Bertz CT molecular complexity index is 683. The molecule has 2 heterocycles. The van der Waals surface area contributed by atoms with Gasteiger partial charge in [-0.3, -0.25) is 9.59 Å². The van der Waals surface area contributed by atoms with Crippen molar-refractivity contribution < 1.29 is 9.59 Å². The number of amides is 2. The number of benzene rings is 1. The zero-order valence-electron chi connectivity index (χ0n) is 10.4. The van der Waals surface area contributed by atoms with Crippen LogP contribution in [0.1, 0.15) is 15.2 Å². The van der Waals surface area contributed by atoms with E-state index in [-0.39, 0.29) is 18.4 Å². The zero-order chi connectivity index (χ0) is 14.1. The first-order valence-corrected chi connectivity index (χ1v) is 7.31. The molecule has 0 radical (unpaired) electrons. The predicted molar refractivity (Wildman–Crippen MR) is 79.1 cm³/mol. The second kappa shape index (κ2) is 5.26. The molecule has 0 spiro atoms. The first kappa shape index (κ1) is 13.1. The number of carbonyl (C=O) groups is 2. The molecule has 4 nitrogen and oxygen atoms in total. The average Bonchev–Trinajstić information content (AvgIpc) is 2.77. The van der Waals surface area contributed by atoms with E-state index in [0.29, 0.717) is 16.4 Å². The summed E-state index contributed by atoms with van der Waals surface area (Å²) in [6.45, 7) is 0.420. The Balaban J connectivity index is 1.93. The molecular weight excluding hydrogens is 296 g/mol. The number of para-hydroxylation sites is 1. The molecule has 1 aromatic carbocycles. The van der Waals surface area contributed by atoms with Gasteiger partial charge in [0.25, 0.3) is 5.91 Å². The number of nitrogens with zero attached hydrogens (tertiary/aromatic N) is 1. The van der Waals surface area contributed by atoms with Gasteiger partial charge in [-0.05, 0) is 23.1 Å². The maximum absolute atomic E-state index is 12.5. The molecule has 2 aromatic rings. The number of hydrogen-bond acceptors (Lipinski definition) is 3. The van der Waals surface area contributed by atoms with Gasteiger partial charge < -0.3 is 10.2 Å². The van der Waals surface area contributed by atoms with Gasteiger partial charge in [0, 0.05) is 12.2 Å². The van der Waals surface area contributed by atoms with Crippen LogP contribution < -0.4 is 5.32 Å². The lowest BCUT2D eigenvalue weighted by Gasteiger charge is -2.18. The summed E-state index contributed by atoms with van der Waals surface area (Å²) >= 11 is 7.28. The second-order valence-corrected chi connectivity index (χ2v) is 5.79. The van der Waals surface area contributed by atoms with E-state index in [1.54, 1.807) is 11.4 Å². The largest absolute Gasteiger partial charge is 0.324 e. The fourth-order valence-corrected chi connectivity index (χ4v) is 3.24. The summed E-state index contributed by atoms with van der Waals surface area (Å²) in [4.78, 5) is 26.3. The Kier molecular flexibility index (Phi) is 3.46. The van der Waals surface area contributed by atoms with E-state index in [1.165, 1.54) is 16.2 Å². The summed E-state index contributed by atoms with van der Waals surface area (Å²) < 4.78 is 0. The van der Waals surface area contributed by atoms with Gasteiger partial charge in [0.15, 0.2) is 0 Å². The summed E-state index contributed by atoms with van der Waals surface area (Å²) in [6, 6.07) is 9.16. The number of fused-ring (bicyclic) bond motifs is 1. The van der Waals surface area contributed by atoms with Crippen LogP contribution in [-0.2, 0) is 11.3 Å². The van der Waals surface area contributed by atoms with Crippen molar-refractivity contribution in [3.05, 3.63) is 51.2 Å². The monoisotopic (exact) mass is 306 g/mol. The first-order chi connectivity index (χ1) is 9.65. The number of rotatable bonds is 1. The number of anilines is 1. The molecule has 6 heteroatoms. The number of thiophene rings is 1. The van der Waals surface area contributed by atoms with E-state index < -0.39 is 0 Å². The van der Waals surface area contributed by atoms with Crippen LogP contribution in [0.25, 0.3) is 0 Å². The van der Waals surface area contributed by atoms with Crippen LogP contribution in [0.5, 0.6) is 0 Å². The molecule has 0 fully saturated rings. The molecule has 3 rings (SSSR count). The molecule has 1 aliphatic rings. The molecule has 0 saturated heterocycles. The van der Waals surface area contributed by atoms with Crippen molar-refractivity contribution in [2.45, 2.75) is 6.54 Å². The molecule has 0 unspecified atom stereocenters. The summed E-state index contributed by atoms with van der Waals surface area (Å²) in [7, 11) is 0. The number of hydrogen-bond donors (Lipinski definition) is 1. The average molecular weight is 307 g/mol. The Labute approximate surface area is 125 Å². The van der Waals surface area contributed by atoms with Crippen molar-refractivity contribution in [3.8, 4) is 0 Å². The summed E-state index contributed by atoms with van der Waals surface area (Å²) in [5.41, 5.74) is 1.67. The van der Waals surface area contributed by atoms with Crippen LogP contribution in [0.15, 0.2) is 35.7 Å². The zero-order valence-corrected chi connectivity index (χ0v) is 12.0. The number of nitrogens with one attached hydrogen (secondary N) is 1. The third kappa shape index (κ3) is 2.42. The molecule has 1 aliphatic heterocycles. The van der Waals surface area contributed by atoms with Crippen LogP contribution in [-0.4, -0.2) is 23.3 Å². The maximum atomic E-state index is 12.5. The first-order valence-electron chi connectivity index (χ1n) is 6.05. The van der Waals surface area contributed by atoms with Gasteiger partial charge in [-0.25, -0.2) is 0 Å². The minimum absolute atomic E-state index is 0.0295. The SMILES string of the molecule is O=C1CN(C(=O)c2sccc2Cl)Cc2ccccc2N1. The van der Waals surface area contributed by atoms with Gasteiger partial charge in [0.1, 0.15) is 11.4 Å². The molecule has 20 heavy (non-hydrogen) atoms. The van der Waals surface area contributed by atoms with Crippen molar-refractivity contribution in [2.24, 2.45) is 0 Å². The van der Waals surface area contributed by atoms with Gasteiger partial charge in [0.05, 0.1) is 5.02 Å². The Morgan fingerprint density at radius 3 is 2.80 bits per heavy atom. The lowest BCUT2D eigenvalue weighted by atomic mass is 10.1. The molecule has 2 amide bonds. The van der Waals surface area contributed by atoms with Crippen LogP contribution in [0.2, 0.25) is 5.02 Å². The highest BCUT2D eigenvalue weighted by molar-refractivity contribution is 7.12. The van der Waals surface area contributed by atoms with E-state index >= 15 is 0 Å². The van der Waals surface area contributed by atoms with Crippen molar-refractivity contribution in [2.75, 3.05) is 11.9 Å². The van der Waals surface area contributed by atoms with Crippen molar-refractivity contribution in [3.63, 3.8) is 0 Å². The fraction of sp³-hybridized carbons (Fsp3) is 0.143. The van der Waals surface area contributed by atoms with Gasteiger partial charge in [-0.2, -0.15) is 0 Å².